The molecular formula is C10H14N2. The molecule has 0 saturated heterocycles. The zero-order valence-electron chi connectivity index (χ0n) is 7.67. The Bertz CT molecular complexity index is 292. The molecule has 2 heteroatoms. The lowest BCUT2D eigenvalue weighted by Gasteiger charge is -2.04. The third kappa shape index (κ3) is 1.22. The van der Waals surface area contributed by atoms with Crippen LogP contribution in [0.1, 0.15) is 43.3 Å². The topological polar surface area (TPSA) is 25.8 Å². The highest BCUT2D eigenvalue weighted by atomic mass is 14.9. The molecule has 1 aromatic rings. The van der Waals surface area contributed by atoms with E-state index in [0.717, 1.165) is 12.2 Å². The van der Waals surface area contributed by atoms with Crippen LogP contribution < -0.4 is 0 Å². The molecule has 0 spiro atoms. The lowest BCUT2D eigenvalue weighted by Crippen LogP contribution is -2.00. The fraction of sp³-hybridized carbons (Fsp3) is 0.600. The number of nitrogens with zero attached hydrogens (tertiary/aromatic N) is 2. The third-order valence-electron chi connectivity index (χ3n) is 2.35. The van der Waals surface area contributed by atoms with E-state index < -0.39 is 0 Å². The molecule has 0 fully saturated rings. The van der Waals surface area contributed by atoms with E-state index in [4.69, 9.17) is 0 Å². The van der Waals surface area contributed by atoms with Crippen LogP contribution in [0, 0.1) is 0 Å². The van der Waals surface area contributed by atoms with E-state index in [1.54, 1.807) is 0 Å². The highest BCUT2D eigenvalue weighted by molar-refractivity contribution is 5.22. The van der Waals surface area contributed by atoms with Crippen molar-refractivity contribution in [3.63, 3.8) is 0 Å². The monoisotopic (exact) mass is 162 g/mol. The summed E-state index contributed by atoms with van der Waals surface area (Å²) < 4.78 is 0. The van der Waals surface area contributed by atoms with Crippen LogP contribution in [0.15, 0.2) is 6.20 Å². The predicted octanol–water partition coefficient (Wildman–Crippen LogP) is 2.09. The van der Waals surface area contributed by atoms with E-state index in [9.17, 15) is 0 Å². The summed E-state index contributed by atoms with van der Waals surface area (Å²) in [6, 6.07) is 0. The minimum absolute atomic E-state index is 0.455. The summed E-state index contributed by atoms with van der Waals surface area (Å²) in [6.45, 7) is 4.27. The number of aryl methyl sites for hydroxylation is 2. The van der Waals surface area contributed by atoms with Crippen molar-refractivity contribution in [2.75, 3.05) is 0 Å². The second-order valence-electron chi connectivity index (χ2n) is 3.71. The molecule has 0 amide bonds. The lowest BCUT2D eigenvalue weighted by molar-refractivity contribution is 0.760. The maximum Gasteiger partial charge on any atom is 0.131 e. The van der Waals surface area contributed by atoms with Crippen LogP contribution in [0.3, 0.4) is 0 Å². The Balaban J connectivity index is 2.39. The molecule has 1 aliphatic rings. The van der Waals surface area contributed by atoms with Gasteiger partial charge in [-0.15, -0.1) is 0 Å². The van der Waals surface area contributed by atoms with Gasteiger partial charge in [0.15, 0.2) is 0 Å². The molecular weight excluding hydrogens is 148 g/mol. The van der Waals surface area contributed by atoms with Gasteiger partial charge in [0, 0.05) is 17.8 Å². The van der Waals surface area contributed by atoms with Crippen LogP contribution in [-0.4, -0.2) is 9.97 Å². The fourth-order valence-electron chi connectivity index (χ4n) is 1.61. The summed E-state index contributed by atoms with van der Waals surface area (Å²) in [5.41, 5.74) is 2.65. The van der Waals surface area contributed by atoms with Gasteiger partial charge in [0.1, 0.15) is 5.82 Å². The molecule has 1 aromatic heterocycles. The van der Waals surface area contributed by atoms with Crippen LogP contribution in [0.5, 0.6) is 0 Å². The van der Waals surface area contributed by atoms with Crippen LogP contribution in [-0.2, 0) is 12.8 Å². The molecule has 2 nitrogen and oxygen atoms in total. The van der Waals surface area contributed by atoms with E-state index in [1.165, 1.54) is 24.1 Å². The van der Waals surface area contributed by atoms with Crippen LogP contribution >= 0.6 is 0 Å². The SMILES string of the molecule is CC(C)c1ncc2c(n1)CCC2. The maximum absolute atomic E-state index is 4.54. The van der Waals surface area contributed by atoms with Crippen molar-refractivity contribution in [1.29, 1.82) is 0 Å². The van der Waals surface area contributed by atoms with Gasteiger partial charge < -0.3 is 0 Å². The van der Waals surface area contributed by atoms with Crippen LogP contribution in [0.2, 0.25) is 0 Å². The van der Waals surface area contributed by atoms with Gasteiger partial charge in [-0.25, -0.2) is 9.97 Å². The molecule has 0 unspecified atom stereocenters. The fourth-order valence-corrected chi connectivity index (χ4v) is 1.61. The highest BCUT2D eigenvalue weighted by Crippen LogP contribution is 2.20. The van der Waals surface area contributed by atoms with Gasteiger partial charge in [-0.2, -0.15) is 0 Å². The molecule has 0 N–H and O–H groups in total. The van der Waals surface area contributed by atoms with Crippen LogP contribution in [0.25, 0.3) is 0 Å². The zero-order chi connectivity index (χ0) is 8.55. The van der Waals surface area contributed by atoms with Gasteiger partial charge in [-0.1, -0.05) is 13.8 Å². The smallest absolute Gasteiger partial charge is 0.131 e. The summed E-state index contributed by atoms with van der Waals surface area (Å²) >= 11 is 0. The molecule has 1 aliphatic carbocycles. The third-order valence-corrected chi connectivity index (χ3v) is 2.35. The van der Waals surface area contributed by atoms with E-state index in [1.807, 2.05) is 6.20 Å². The first-order valence-corrected chi connectivity index (χ1v) is 4.62. The molecule has 0 radical (unpaired) electrons. The Labute approximate surface area is 73.1 Å². The minimum Gasteiger partial charge on any atom is -0.241 e. The second kappa shape index (κ2) is 2.85. The Morgan fingerprint density at radius 3 is 2.92 bits per heavy atom. The molecule has 2 rings (SSSR count). The first kappa shape index (κ1) is 7.71. The van der Waals surface area contributed by atoms with Crippen LogP contribution in [0.4, 0.5) is 0 Å². The van der Waals surface area contributed by atoms with E-state index in [-0.39, 0.29) is 0 Å². The number of hydrogen-bond donors (Lipinski definition) is 0. The average Bonchev–Trinajstić information content (AvgIpc) is 2.49. The van der Waals surface area contributed by atoms with Crippen molar-refractivity contribution in [2.45, 2.75) is 39.0 Å². The van der Waals surface area contributed by atoms with E-state index >= 15 is 0 Å². The van der Waals surface area contributed by atoms with Crippen molar-refractivity contribution in [2.24, 2.45) is 0 Å². The van der Waals surface area contributed by atoms with Gasteiger partial charge in [-0.3, -0.25) is 0 Å². The quantitative estimate of drug-likeness (QED) is 0.632. The Kier molecular flexibility index (Phi) is 1.83. The van der Waals surface area contributed by atoms with Gasteiger partial charge in [-0.05, 0) is 24.8 Å². The summed E-state index contributed by atoms with van der Waals surface area (Å²) in [5.74, 6) is 1.45. The van der Waals surface area contributed by atoms with Crippen molar-refractivity contribution in [3.8, 4) is 0 Å². The van der Waals surface area contributed by atoms with Crippen molar-refractivity contribution >= 4 is 0 Å². The highest BCUT2D eigenvalue weighted by Gasteiger charge is 2.14. The number of aromatic nitrogens is 2. The first-order chi connectivity index (χ1) is 5.77. The molecule has 1 heterocycles. The van der Waals surface area contributed by atoms with Crippen molar-refractivity contribution in [3.05, 3.63) is 23.3 Å². The standard InChI is InChI=1S/C10H14N2/c1-7(2)10-11-6-8-4-3-5-9(8)12-10/h6-7H,3-5H2,1-2H3. The number of fused-ring (bicyclic) bond motifs is 1. The summed E-state index contributed by atoms with van der Waals surface area (Å²) in [6.07, 6.45) is 5.58. The zero-order valence-corrected chi connectivity index (χ0v) is 7.67. The number of rotatable bonds is 1. The molecule has 0 aliphatic heterocycles. The Hall–Kier alpha value is -0.920. The van der Waals surface area contributed by atoms with Gasteiger partial charge in [0.25, 0.3) is 0 Å². The summed E-state index contributed by atoms with van der Waals surface area (Å²) in [7, 11) is 0. The largest absolute Gasteiger partial charge is 0.241 e. The minimum atomic E-state index is 0.455. The number of hydrogen-bond acceptors (Lipinski definition) is 2. The molecule has 0 saturated carbocycles. The molecule has 0 atom stereocenters. The lowest BCUT2D eigenvalue weighted by atomic mass is 10.2. The summed E-state index contributed by atoms with van der Waals surface area (Å²) in [4.78, 5) is 8.88. The molecule has 0 bridgehead atoms. The van der Waals surface area contributed by atoms with E-state index in [2.05, 4.69) is 23.8 Å². The van der Waals surface area contributed by atoms with Crippen molar-refractivity contribution in [1.82, 2.24) is 9.97 Å². The van der Waals surface area contributed by atoms with Gasteiger partial charge in [0.2, 0.25) is 0 Å². The van der Waals surface area contributed by atoms with Gasteiger partial charge >= 0.3 is 0 Å². The maximum atomic E-state index is 4.54. The van der Waals surface area contributed by atoms with E-state index in [0.29, 0.717) is 5.92 Å². The van der Waals surface area contributed by atoms with Crippen molar-refractivity contribution < 1.29 is 0 Å². The first-order valence-electron chi connectivity index (χ1n) is 4.62. The Morgan fingerprint density at radius 1 is 1.33 bits per heavy atom. The second-order valence-corrected chi connectivity index (χ2v) is 3.71. The average molecular weight is 162 g/mol. The predicted molar refractivity (Wildman–Crippen MR) is 48.1 cm³/mol. The Morgan fingerprint density at radius 2 is 2.17 bits per heavy atom. The molecule has 64 valence electrons. The summed E-state index contributed by atoms with van der Waals surface area (Å²) in [5, 5.41) is 0. The molecule has 12 heavy (non-hydrogen) atoms. The van der Waals surface area contributed by atoms with Gasteiger partial charge in [0.05, 0.1) is 0 Å². The molecule has 0 aromatic carbocycles. The normalized spacial score (nSPS) is 15.2.